The minimum Gasteiger partial charge on any atom is -0.435 e. The second-order valence-corrected chi connectivity index (χ2v) is 10.4. The highest BCUT2D eigenvalue weighted by atomic mass is 32.2. The molecule has 1 N–H and O–H groups in total. The van der Waals surface area contributed by atoms with Crippen LogP contribution < -0.4 is 10.1 Å². The number of amides is 2. The Kier molecular flexibility index (Phi) is 7.35. The third-order valence-corrected chi connectivity index (χ3v) is 7.24. The third kappa shape index (κ3) is 5.58. The summed E-state index contributed by atoms with van der Waals surface area (Å²) in [4.78, 5) is 29.6. The molecular weight excluding hydrogens is 468 g/mol. The lowest BCUT2D eigenvalue weighted by molar-refractivity contribution is -0.122. The fraction of sp³-hybridized carbons (Fsp3) is 0.348. The monoisotopic (exact) mass is 493 g/mol. The van der Waals surface area contributed by atoms with Gasteiger partial charge in [-0.3, -0.25) is 14.6 Å². The van der Waals surface area contributed by atoms with Crippen LogP contribution in [0.25, 0.3) is 0 Å². The molecule has 1 atom stereocenters. The first-order valence-corrected chi connectivity index (χ1v) is 11.9. The van der Waals surface area contributed by atoms with Crippen LogP contribution in [0, 0.1) is 0 Å². The summed E-state index contributed by atoms with van der Waals surface area (Å²) in [6, 6.07) is 14.1. The van der Waals surface area contributed by atoms with Gasteiger partial charge in [0.2, 0.25) is 5.91 Å². The van der Waals surface area contributed by atoms with Crippen LogP contribution in [0.1, 0.15) is 37.1 Å². The zero-order valence-electron chi connectivity index (χ0n) is 18.9. The quantitative estimate of drug-likeness (QED) is 0.638. The van der Waals surface area contributed by atoms with Crippen LogP contribution in [0.3, 0.4) is 0 Å². The standard InChI is InChI=1S/C23H25F2N3O5S/c1-23(2,3)28-21(30)19(20(34(28,31)32)16-9-5-4-6-10-16)27-14-18(29)26-13-15-8-7-11-17(12-15)33-22(24)25/h4-12,20,22H,13-14H2,1-3H3,(H,26,29). The average Bonchev–Trinajstić information content (AvgIpc) is 2.95. The molecule has 0 aromatic heterocycles. The molecule has 11 heteroatoms. The maximum absolute atomic E-state index is 13.3. The van der Waals surface area contributed by atoms with E-state index in [1.54, 1.807) is 57.2 Å². The first-order chi connectivity index (χ1) is 15.9. The molecule has 182 valence electrons. The molecule has 2 amide bonds. The van der Waals surface area contributed by atoms with Crippen LogP contribution in [0.5, 0.6) is 5.75 Å². The summed E-state index contributed by atoms with van der Waals surface area (Å²) in [6.45, 7) is 1.37. The summed E-state index contributed by atoms with van der Waals surface area (Å²) in [6.07, 6.45) is 0. The number of alkyl halides is 2. The van der Waals surface area contributed by atoms with Crippen LogP contribution in [-0.2, 0) is 26.2 Å². The van der Waals surface area contributed by atoms with Crippen LogP contribution >= 0.6 is 0 Å². The van der Waals surface area contributed by atoms with Gasteiger partial charge in [0.15, 0.2) is 5.25 Å². The fourth-order valence-electron chi connectivity index (χ4n) is 3.62. The molecule has 0 spiro atoms. The Morgan fingerprint density at radius 3 is 2.44 bits per heavy atom. The predicted octanol–water partition coefficient (Wildman–Crippen LogP) is 3.06. The van der Waals surface area contributed by atoms with Crippen molar-refractivity contribution in [3.05, 3.63) is 65.7 Å². The smallest absolute Gasteiger partial charge is 0.387 e. The number of ether oxygens (including phenoxy) is 1. The predicted molar refractivity (Wildman–Crippen MR) is 122 cm³/mol. The molecule has 1 heterocycles. The van der Waals surface area contributed by atoms with Crippen molar-refractivity contribution in [1.29, 1.82) is 0 Å². The van der Waals surface area contributed by atoms with Crippen molar-refractivity contribution >= 4 is 27.5 Å². The Bertz CT molecular complexity index is 1190. The topological polar surface area (TPSA) is 105 Å². The molecular formula is C23H25F2N3O5S. The van der Waals surface area contributed by atoms with Gasteiger partial charge in [-0.1, -0.05) is 42.5 Å². The second-order valence-electron chi connectivity index (χ2n) is 8.58. The lowest BCUT2D eigenvalue weighted by Crippen LogP contribution is -2.45. The number of halogens is 2. The first kappa shape index (κ1) is 25.3. The molecule has 0 bridgehead atoms. The van der Waals surface area contributed by atoms with E-state index in [1.165, 1.54) is 18.2 Å². The number of carbonyl (C=O) groups is 2. The van der Waals surface area contributed by atoms with Crippen molar-refractivity contribution in [2.75, 3.05) is 6.54 Å². The van der Waals surface area contributed by atoms with E-state index in [0.717, 1.165) is 4.31 Å². The Balaban J connectivity index is 1.80. The first-order valence-electron chi connectivity index (χ1n) is 10.4. The van der Waals surface area contributed by atoms with Gasteiger partial charge in [-0.05, 0) is 44.0 Å². The molecule has 3 rings (SSSR count). The Morgan fingerprint density at radius 2 is 1.82 bits per heavy atom. The van der Waals surface area contributed by atoms with E-state index in [-0.39, 0.29) is 18.0 Å². The Hall–Kier alpha value is -3.34. The van der Waals surface area contributed by atoms with E-state index in [0.29, 0.717) is 11.1 Å². The number of sulfonamides is 1. The van der Waals surface area contributed by atoms with E-state index in [2.05, 4.69) is 15.0 Å². The second kappa shape index (κ2) is 9.88. The van der Waals surface area contributed by atoms with Gasteiger partial charge in [-0.2, -0.15) is 8.78 Å². The molecule has 1 unspecified atom stereocenters. The number of aliphatic imine (C=N–C) groups is 1. The maximum atomic E-state index is 13.3. The van der Waals surface area contributed by atoms with Gasteiger partial charge < -0.3 is 10.1 Å². The number of carbonyl (C=O) groups excluding carboxylic acids is 2. The molecule has 0 aliphatic carbocycles. The average molecular weight is 494 g/mol. The molecule has 1 aliphatic rings. The molecule has 1 saturated heterocycles. The third-order valence-electron chi connectivity index (χ3n) is 4.92. The van der Waals surface area contributed by atoms with Gasteiger partial charge in [-0.15, -0.1) is 0 Å². The number of nitrogens with one attached hydrogen (secondary N) is 1. The molecule has 1 aliphatic heterocycles. The van der Waals surface area contributed by atoms with Crippen LogP contribution in [0.15, 0.2) is 59.6 Å². The summed E-state index contributed by atoms with van der Waals surface area (Å²) in [5, 5.41) is 1.25. The highest BCUT2D eigenvalue weighted by Gasteiger charge is 2.54. The molecule has 8 nitrogen and oxygen atoms in total. The van der Waals surface area contributed by atoms with Gasteiger partial charge in [0.05, 0.1) is 5.54 Å². The van der Waals surface area contributed by atoms with Crippen molar-refractivity contribution in [3.63, 3.8) is 0 Å². The lowest BCUT2D eigenvalue weighted by atomic mass is 10.1. The van der Waals surface area contributed by atoms with Gasteiger partial charge >= 0.3 is 6.61 Å². The van der Waals surface area contributed by atoms with Crippen LogP contribution in [0.4, 0.5) is 8.78 Å². The van der Waals surface area contributed by atoms with Crippen LogP contribution in [-0.4, -0.2) is 48.9 Å². The number of hydrogen-bond acceptors (Lipinski definition) is 6. The van der Waals surface area contributed by atoms with E-state index < -0.39 is 45.8 Å². The molecule has 34 heavy (non-hydrogen) atoms. The zero-order chi connectivity index (χ0) is 25.1. The summed E-state index contributed by atoms with van der Waals surface area (Å²) < 4.78 is 56.5. The lowest BCUT2D eigenvalue weighted by Gasteiger charge is -2.30. The van der Waals surface area contributed by atoms with Crippen molar-refractivity contribution in [2.45, 2.75) is 44.7 Å². The highest BCUT2D eigenvalue weighted by molar-refractivity contribution is 7.91. The number of rotatable bonds is 7. The molecule has 2 aromatic rings. The normalized spacial score (nSPS) is 19.0. The Labute approximate surface area is 196 Å². The van der Waals surface area contributed by atoms with E-state index in [4.69, 9.17) is 0 Å². The van der Waals surface area contributed by atoms with Crippen LogP contribution in [0.2, 0.25) is 0 Å². The molecule has 2 aromatic carbocycles. The SMILES string of the molecule is CC(C)(C)N1C(=O)C(=NCC(=O)NCc2cccc(OC(F)F)c2)C(c2ccccc2)S1(=O)=O. The number of benzene rings is 2. The minimum atomic E-state index is -4.11. The van der Waals surface area contributed by atoms with E-state index >= 15 is 0 Å². The fourth-order valence-corrected chi connectivity index (χ4v) is 5.88. The molecule has 0 saturated carbocycles. The summed E-state index contributed by atoms with van der Waals surface area (Å²) >= 11 is 0. The van der Waals surface area contributed by atoms with Crippen molar-refractivity contribution < 1.29 is 31.5 Å². The van der Waals surface area contributed by atoms with Gasteiger partial charge in [0.25, 0.3) is 15.9 Å². The molecule has 0 radical (unpaired) electrons. The van der Waals surface area contributed by atoms with E-state index in [1.807, 2.05) is 0 Å². The van der Waals surface area contributed by atoms with Gasteiger partial charge in [0.1, 0.15) is 18.0 Å². The van der Waals surface area contributed by atoms with Crippen molar-refractivity contribution in [3.8, 4) is 5.75 Å². The zero-order valence-corrected chi connectivity index (χ0v) is 19.7. The van der Waals surface area contributed by atoms with Crippen molar-refractivity contribution in [2.24, 2.45) is 4.99 Å². The maximum Gasteiger partial charge on any atom is 0.387 e. The minimum absolute atomic E-state index is 0.00655. The number of hydrogen-bond donors (Lipinski definition) is 1. The van der Waals surface area contributed by atoms with Crippen molar-refractivity contribution in [1.82, 2.24) is 9.62 Å². The highest BCUT2D eigenvalue weighted by Crippen LogP contribution is 2.38. The van der Waals surface area contributed by atoms with Gasteiger partial charge in [0, 0.05) is 6.54 Å². The summed E-state index contributed by atoms with van der Waals surface area (Å²) in [5.74, 6) is -1.39. The number of nitrogens with zero attached hydrogens (tertiary/aromatic N) is 2. The Morgan fingerprint density at radius 1 is 1.15 bits per heavy atom. The molecule has 1 fully saturated rings. The summed E-state index contributed by atoms with van der Waals surface area (Å²) in [7, 11) is -4.11. The largest absolute Gasteiger partial charge is 0.435 e. The van der Waals surface area contributed by atoms with E-state index in [9.17, 15) is 26.8 Å². The summed E-state index contributed by atoms with van der Waals surface area (Å²) in [5.41, 5.74) is -0.366. The van der Waals surface area contributed by atoms with Gasteiger partial charge in [-0.25, -0.2) is 12.7 Å².